The quantitative estimate of drug-likeness (QED) is 0.350. The largest absolute Gasteiger partial charge is 0.390 e. The van der Waals surface area contributed by atoms with Gasteiger partial charge in [0.05, 0.1) is 17.7 Å². The van der Waals surface area contributed by atoms with Gasteiger partial charge in [0.15, 0.2) is 0 Å². The summed E-state index contributed by atoms with van der Waals surface area (Å²) in [5, 5.41) is 6.13. The second kappa shape index (κ2) is 10.3. The highest BCUT2D eigenvalue weighted by molar-refractivity contribution is 7.89. The highest BCUT2D eigenvalue weighted by Gasteiger charge is 2.75. The average Bonchev–Trinajstić information content (AvgIpc) is 3.06. The third kappa shape index (κ3) is 5.84. The summed E-state index contributed by atoms with van der Waals surface area (Å²) in [6.07, 6.45) is -1.31. The van der Waals surface area contributed by atoms with E-state index in [1.165, 1.54) is 0 Å². The second-order valence-corrected chi connectivity index (χ2v) is 14.0. The number of nitrogens with one attached hydrogen (secondary N) is 2. The van der Waals surface area contributed by atoms with Crippen LogP contribution in [0.15, 0.2) is 29.3 Å². The summed E-state index contributed by atoms with van der Waals surface area (Å²) in [5.41, 5.74) is -0.836. The molecule has 1 amide bonds. The normalized spacial score (nSPS) is 27.8. The standard InChI is InChI=1S/C26H36ClF3N4O3S/c1-4-5-6-13-38(36,37)34(14-18-7-9-19(27)10-8-18)25-15-24(16-25,17-25)22-32-20(23(2,3)33-22)21(35)31-12-11-26(28,29)30/h7-10,20H,4-6,11-17H2,1-3H3,(H,31,35)(H,32,33)/t20-,24?,25?/m0/s1. The molecule has 0 aromatic heterocycles. The fourth-order valence-corrected chi connectivity index (χ4v) is 8.04. The number of hydrogen-bond acceptors (Lipinski definition) is 5. The molecule has 0 radical (unpaired) electrons. The highest BCUT2D eigenvalue weighted by atomic mass is 35.5. The number of hydrogen-bond donors (Lipinski definition) is 2. The topological polar surface area (TPSA) is 90.9 Å². The van der Waals surface area contributed by atoms with Crippen LogP contribution in [0.5, 0.6) is 0 Å². The van der Waals surface area contributed by atoms with Gasteiger partial charge in [-0.05, 0) is 57.2 Å². The van der Waals surface area contributed by atoms with Crippen LogP contribution in [0.4, 0.5) is 13.2 Å². The molecular weight excluding hydrogens is 541 g/mol. The Bertz CT molecular complexity index is 1170. The summed E-state index contributed by atoms with van der Waals surface area (Å²) in [6, 6.07) is 6.39. The van der Waals surface area contributed by atoms with E-state index >= 15 is 0 Å². The molecule has 3 saturated carbocycles. The van der Waals surface area contributed by atoms with E-state index in [-0.39, 0.29) is 17.7 Å². The molecule has 212 valence electrons. The maximum Gasteiger partial charge on any atom is 0.390 e. The van der Waals surface area contributed by atoms with Crippen LogP contribution in [0, 0.1) is 5.41 Å². The lowest BCUT2D eigenvalue weighted by Gasteiger charge is -2.73. The molecule has 3 aliphatic carbocycles. The van der Waals surface area contributed by atoms with Gasteiger partial charge in [0.25, 0.3) is 0 Å². The molecule has 1 atom stereocenters. The van der Waals surface area contributed by atoms with Crippen LogP contribution in [0.2, 0.25) is 5.02 Å². The summed E-state index contributed by atoms with van der Waals surface area (Å²) in [7, 11) is -3.52. The summed E-state index contributed by atoms with van der Waals surface area (Å²) < 4.78 is 66.2. The summed E-state index contributed by atoms with van der Waals surface area (Å²) in [4.78, 5) is 17.4. The first-order valence-electron chi connectivity index (χ1n) is 13.1. The van der Waals surface area contributed by atoms with Gasteiger partial charge in [-0.25, -0.2) is 8.42 Å². The Kier molecular flexibility index (Phi) is 7.88. The molecule has 1 aromatic rings. The molecule has 0 spiro atoms. The van der Waals surface area contributed by atoms with Gasteiger partial charge in [-0.3, -0.25) is 9.79 Å². The number of carbonyl (C=O) groups excluding carboxylic acids is 1. The van der Waals surface area contributed by atoms with Crippen LogP contribution in [0.3, 0.4) is 0 Å². The number of halogens is 4. The van der Waals surface area contributed by atoms with Gasteiger partial charge in [-0.2, -0.15) is 17.5 Å². The van der Waals surface area contributed by atoms with Crippen molar-refractivity contribution in [3.05, 3.63) is 34.9 Å². The number of amidine groups is 1. The molecule has 1 heterocycles. The Morgan fingerprint density at radius 2 is 1.82 bits per heavy atom. The monoisotopic (exact) mass is 576 g/mol. The van der Waals surface area contributed by atoms with Crippen LogP contribution in [0.1, 0.15) is 71.3 Å². The third-order valence-corrected chi connectivity index (χ3v) is 10.2. The third-order valence-electron chi connectivity index (χ3n) is 7.97. The van der Waals surface area contributed by atoms with Crippen molar-refractivity contribution in [2.45, 2.75) is 95.6 Å². The Morgan fingerprint density at radius 1 is 1.18 bits per heavy atom. The van der Waals surface area contributed by atoms with E-state index in [0.717, 1.165) is 18.4 Å². The number of nitrogens with zero attached hydrogens (tertiary/aromatic N) is 2. The number of aliphatic imine (C=N–C) groups is 1. The van der Waals surface area contributed by atoms with Crippen molar-refractivity contribution in [1.82, 2.24) is 14.9 Å². The summed E-state index contributed by atoms with van der Waals surface area (Å²) >= 11 is 6.02. The smallest absolute Gasteiger partial charge is 0.360 e. The molecule has 12 heteroatoms. The number of unbranched alkanes of at least 4 members (excludes halogenated alkanes) is 2. The van der Waals surface area contributed by atoms with Crippen LogP contribution in [-0.2, 0) is 21.4 Å². The van der Waals surface area contributed by atoms with Gasteiger partial charge < -0.3 is 10.6 Å². The molecular formula is C26H36ClF3N4O3S. The van der Waals surface area contributed by atoms with Crippen molar-refractivity contribution in [1.29, 1.82) is 0 Å². The minimum absolute atomic E-state index is 0.0928. The maximum absolute atomic E-state index is 13.5. The molecule has 5 rings (SSSR count). The average molecular weight is 577 g/mol. The summed E-state index contributed by atoms with van der Waals surface area (Å²) in [6.45, 7) is 5.34. The molecule has 2 bridgehead atoms. The lowest BCUT2D eigenvalue weighted by molar-refractivity contribution is -0.151. The zero-order valence-electron chi connectivity index (χ0n) is 22.0. The minimum atomic E-state index is -4.34. The van der Waals surface area contributed by atoms with Gasteiger partial charge in [-0.1, -0.05) is 43.5 Å². The number of benzene rings is 1. The van der Waals surface area contributed by atoms with Gasteiger partial charge in [-0.15, -0.1) is 0 Å². The molecule has 0 unspecified atom stereocenters. The molecule has 4 aliphatic rings. The zero-order valence-corrected chi connectivity index (χ0v) is 23.6. The first-order valence-corrected chi connectivity index (χ1v) is 15.1. The summed E-state index contributed by atoms with van der Waals surface area (Å²) in [5.74, 6) is 0.215. The first-order chi connectivity index (χ1) is 17.6. The zero-order chi connectivity index (χ0) is 28.0. The number of alkyl halides is 3. The van der Waals surface area contributed by atoms with E-state index in [1.807, 2.05) is 19.1 Å². The van der Waals surface area contributed by atoms with E-state index in [1.54, 1.807) is 30.3 Å². The van der Waals surface area contributed by atoms with E-state index in [2.05, 4.69) is 10.6 Å². The molecule has 38 heavy (non-hydrogen) atoms. The van der Waals surface area contributed by atoms with Crippen molar-refractivity contribution in [3.63, 3.8) is 0 Å². The minimum Gasteiger partial charge on any atom is -0.360 e. The molecule has 3 fully saturated rings. The van der Waals surface area contributed by atoms with Gasteiger partial charge in [0.1, 0.15) is 11.9 Å². The Hall–Kier alpha value is -1.85. The van der Waals surface area contributed by atoms with E-state index in [4.69, 9.17) is 16.6 Å². The fraction of sp³-hybridized carbons (Fsp3) is 0.692. The lowest BCUT2D eigenvalue weighted by atomic mass is 9.38. The SMILES string of the molecule is CCCCCS(=O)(=O)N(Cc1ccc(Cl)cc1)C12CC(C3=NC(C)(C)[C@H](C(=O)NCCC(F)(F)F)N3)(C1)C2. The Labute approximate surface area is 227 Å². The van der Waals surface area contributed by atoms with Crippen molar-refractivity contribution in [2.24, 2.45) is 10.4 Å². The van der Waals surface area contributed by atoms with E-state index < -0.39 is 52.2 Å². The van der Waals surface area contributed by atoms with Crippen LogP contribution in [-0.4, -0.2) is 60.1 Å². The predicted octanol–water partition coefficient (Wildman–Crippen LogP) is 4.80. The van der Waals surface area contributed by atoms with E-state index in [0.29, 0.717) is 36.5 Å². The number of carbonyl (C=O) groups is 1. The van der Waals surface area contributed by atoms with Gasteiger partial charge in [0, 0.05) is 29.1 Å². The maximum atomic E-state index is 13.5. The second-order valence-electron chi connectivity index (χ2n) is 11.5. The number of rotatable bonds is 12. The predicted molar refractivity (Wildman–Crippen MR) is 141 cm³/mol. The molecule has 1 aliphatic heterocycles. The van der Waals surface area contributed by atoms with Crippen molar-refractivity contribution in [3.8, 4) is 0 Å². The first kappa shape index (κ1) is 29.1. The number of sulfonamides is 1. The number of amides is 1. The molecule has 1 aromatic carbocycles. The molecule has 0 saturated heterocycles. The Balaban J connectivity index is 1.45. The van der Waals surface area contributed by atoms with Gasteiger partial charge in [0.2, 0.25) is 15.9 Å². The van der Waals surface area contributed by atoms with Crippen LogP contribution >= 0.6 is 11.6 Å². The Morgan fingerprint density at radius 3 is 2.39 bits per heavy atom. The van der Waals surface area contributed by atoms with Crippen LogP contribution in [0.25, 0.3) is 0 Å². The van der Waals surface area contributed by atoms with Crippen molar-refractivity contribution in [2.75, 3.05) is 12.3 Å². The fourth-order valence-electron chi connectivity index (χ4n) is 6.00. The highest BCUT2D eigenvalue weighted by Crippen LogP contribution is 2.71. The lowest BCUT2D eigenvalue weighted by Crippen LogP contribution is -2.78. The molecule has 2 N–H and O–H groups in total. The molecule has 7 nitrogen and oxygen atoms in total. The van der Waals surface area contributed by atoms with Gasteiger partial charge >= 0.3 is 6.18 Å². The van der Waals surface area contributed by atoms with Crippen molar-refractivity contribution >= 4 is 33.4 Å². The van der Waals surface area contributed by atoms with E-state index in [9.17, 15) is 26.4 Å². The van der Waals surface area contributed by atoms with Crippen LogP contribution < -0.4 is 10.6 Å². The van der Waals surface area contributed by atoms with Crippen molar-refractivity contribution < 1.29 is 26.4 Å².